The van der Waals surface area contributed by atoms with Crippen LogP contribution in [0.15, 0.2) is 23.3 Å². The molecule has 5 heteroatoms. The van der Waals surface area contributed by atoms with Gasteiger partial charge in [0, 0.05) is 11.1 Å². The number of allylic oxidation sites excluding steroid dienone is 3. The molecule has 0 aliphatic rings. The Bertz CT molecular complexity index is 618. The largest absolute Gasteiger partial charge is 0.506 e. The Labute approximate surface area is 142 Å². The summed E-state index contributed by atoms with van der Waals surface area (Å²) in [5.41, 5.74) is 2.95. The Morgan fingerprint density at radius 1 is 1.13 bits per heavy atom. The maximum Gasteiger partial charge on any atom is 0.165 e. The number of benzene rings is 1. The fourth-order valence-corrected chi connectivity index (χ4v) is 2.47. The van der Waals surface area contributed by atoms with Crippen LogP contribution >= 0.6 is 11.6 Å². The minimum absolute atomic E-state index is 0.0756. The maximum atomic E-state index is 10.3. The van der Waals surface area contributed by atoms with Crippen molar-refractivity contribution in [1.82, 2.24) is 0 Å². The van der Waals surface area contributed by atoms with Crippen LogP contribution in [0.25, 0.3) is 0 Å². The van der Waals surface area contributed by atoms with Gasteiger partial charge in [-0.2, -0.15) is 0 Å². The monoisotopic (exact) mass is 340 g/mol. The third kappa shape index (κ3) is 4.91. The number of hydrogen-bond acceptors (Lipinski definition) is 4. The molecule has 0 saturated heterocycles. The van der Waals surface area contributed by atoms with E-state index in [-0.39, 0.29) is 28.9 Å². The number of halogens is 1. The zero-order valence-electron chi connectivity index (χ0n) is 14.1. The van der Waals surface area contributed by atoms with Crippen LogP contribution in [0.4, 0.5) is 0 Å². The van der Waals surface area contributed by atoms with Crippen molar-refractivity contribution < 1.29 is 20.1 Å². The van der Waals surface area contributed by atoms with Gasteiger partial charge < -0.3 is 20.1 Å². The van der Waals surface area contributed by atoms with Gasteiger partial charge in [0.25, 0.3) is 0 Å². The summed E-state index contributed by atoms with van der Waals surface area (Å²) in [7, 11) is 1.45. The molecular weight excluding hydrogens is 316 g/mol. The first kappa shape index (κ1) is 19.4. The zero-order chi connectivity index (χ0) is 17.6. The number of aliphatic hydroxyl groups is 1. The molecule has 128 valence electrons. The average Bonchev–Trinajstić information content (AvgIpc) is 2.53. The number of aromatic hydroxyl groups is 2. The summed E-state index contributed by atoms with van der Waals surface area (Å²) in [5, 5.41) is 29.6. The quantitative estimate of drug-likeness (QED) is 0.648. The van der Waals surface area contributed by atoms with Gasteiger partial charge >= 0.3 is 0 Å². The standard InChI is InChI=1S/C18H25ClO4/c1-11(6-5-7-12(2)10-20)8-9-14-16(21)15(19)13(3)18(23-4)17(14)22/h7-8,20-22H,5-6,9-10H2,1-4H3. The minimum Gasteiger partial charge on any atom is -0.506 e. The van der Waals surface area contributed by atoms with E-state index in [0.29, 0.717) is 17.5 Å². The Morgan fingerprint density at radius 2 is 1.78 bits per heavy atom. The number of phenolic OH excluding ortho intramolecular Hbond substituents is 2. The van der Waals surface area contributed by atoms with E-state index in [9.17, 15) is 10.2 Å². The van der Waals surface area contributed by atoms with Crippen molar-refractivity contribution in [2.45, 2.75) is 40.0 Å². The van der Waals surface area contributed by atoms with Gasteiger partial charge in [0.2, 0.25) is 0 Å². The lowest BCUT2D eigenvalue weighted by molar-refractivity contribution is 0.331. The van der Waals surface area contributed by atoms with E-state index in [1.54, 1.807) is 6.92 Å². The second-order valence-corrected chi connectivity index (χ2v) is 6.03. The summed E-state index contributed by atoms with van der Waals surface area (Å²) >= 11 is 6.10. The Morgan fingerprint density at radius 3 is 2.35 bits per heavy atom. The van der Waals surface area contributed by atoms with Gasteiger partial charge in [-0.3, -0.25) is 0 Å². The molecule has 1 aromatic carbocycles. The van der Waals surface area contributed by atoms with Crippen molar-refractivity contribution in [3.05, 3.63) is 39.4 Å². The molecule has 1 rings (SSSR count). The highest BCUT2D eigenvalue weighted by Gasteiger charge is 2.20. The zero-order valence-corrected chi connectivity index (χ0v) is 14.9. The Balaban J connectivity index is 2.93. The normalized spacial score (nSPS) is 12.6. The number of ether oxygens (including phenoxy) is 1. The summed E-state index contributed by atoms with van der Waals surface area (Å²) in [6.45, 7) is 5.63. The summed E-state index contributed by atoms with van der Waals surface area (Å²) in [6.07, 6.45) is 5.99. The first-order chi connectivity index (χ1) is 10.8. The molecule has 0 aromatic heterocycles. The lowest BCUT2D eigenvalue weighted by atomic mass is 10.0. The van der Waals surface area contributed by atoms with Crippen LogP contribution < -0.4 is 4.74 Å². The number of phenols is 2. The molecule has 23 heavy (non-hydrogen) atoms. The molecular formula is C18H25ClO4. The van der Waals surface area contributed by atoms with Crippen molar-refractivity contribution in [2.75, 3.05) is 13.7 Å². The van der Waals surface area contributed by atoms with Crippen molar-refractivity contribution in [2.24, 2.45) is 0 Å². The van der Waals surface area contributed by atoms with Crippen LogP contribution in [-0.2, 0) is 6.42 Å². The molecule has 1 aromatic rings. The SMILES string of the molecule is COc1c(C)c(Cl)c(O)c(CC=C(C)CCC=C(C)CO)c1O. The summed E-state index contributed by atoms with van der Waals surface area (Å²) < 4.78 is 5.16. The van der Waals surface area contributed by atoms with Crippen LogP contribution in [-0.4, -0.2) is 29.0 Å². The van der Waals surface area contributed by atoms with E-state index in [1.165, 1.54) is 7.11 Å². The highest BCUT2D eigenvalue weighted by atomic mass is 35.5. The van der Waals surface area contributed by atoms with Crippen molar-refractivity contribution in [3.8, 4) is 17.2 Å². The number of rotatable bonds is 7. The van der Waals surface area contributed by atoms with Gasteiger partial charge in [0.15, 0.2) is 11.5 Å². The van der Waals surface area contributed by atoms with Crippen molar-refractivity contribution in [3.63, 3.8) is 0 Å². The lowest BCUT2D eigenvalue weighted by Crippen LogP contribution is -1.95. The topological polar surface area (TPSA) is 69.9 Å². The van der Waals surface area contributed by atoms with E-state index in [0.717, 1.165) is 24.0 Å². The fraction of sp³-hybridized carbons (Fsp3) is 0.444. The Hall–Kier alpha value is -1.65. The van der Waals surface area contributed by atoms with E-state index in [1.807, 2.05) is 26.0 Å². The number of hydrogen-bond donors (Lipinski definition) is 3. The van der Waals surface area contributed by atoms with Crippen molar-refractivity contribution >= 4 is 11.6 Å². The molecule has 0 atom stereocenters. The summed E-state index contributed by atoms with van der Waals surface area (Å²) in [5.74, 6) is 0.102. The van der Waals surface area contributed by atoms with Crippen LogP contribution in [0, 0.1) is 6.92 Å². The molecule has 0 fully saturated rings. The minimum atomic E-state index is -0.109. The maximum absolute atomic E-state index is 10.3. The molecule has 0 amide bonds. The van der Waals surface area contributed by atoms with E-state index in [4.69, 9.17) is 21.4 Å². The van der Waals surface area contributed by atoms with Gasteiger partial charge in [-0.05, 0) is 40.0 Å². The average molecular weight is 341 g/mol. The number of aliphatic hydroxyl groups excluding tert-OH is 1. The predicted molar refractivity (Wildman–Crippen MR) is 93.6 cm³/mol. The van der Waals surface area contributed by atoms with Gasteiger partial charge in [-0.1, -0.05) is 34.9 Å². The highest BCUT2D eigenvalue weighted by molar-refractivity contribution is 6.33. The smallest absolute Gasteiger partial charge is 0.165 e. The molecule has 0 radical (unpaired) electrons. The summed E-state index contributed by atoms with van der Waals surface area (Å²) in [4.78, 5) is 0. The van der Waals surface area contributed by atoms with E-state index >= 15 is 0 Å². The molecule has 0 heterocycles. The third-order valence-corrected chi connectivity index (χ3v) is 4.27. The number of methoxy groups -OCH3 is 1. The van der Waals surface area contributed by atoms with E-state index < -0.39 is 0 Å². The molecule has 0 spiro atoms. The van der Waals surface area contributed by atoms with Gasteiger partial charge in [-0.25, -0.2) is 0 Å². The highest BCUT2D eigenvalue weighted by Crippen LogP contribution is 2.45. The molecule has 0 saturated carbocycles. The van der Waals surface area contributed by atoms with Crippen LogP contribution in [0.5, 0.6) is 17.2 Å². The summed E-state index contributed by atoms with van der Waals surface area (Å²) in [6, 6.07) is 0. The van der Waals surface area contributed by atoms with Gasteiger partial charge in [0.05, 0.1) is 18.7 Å². The molecule has 3 N–H and O–H groups in total. The van der Waals surface area contributed by atoms with Crippen LogP contribution in [0.1, 0.15) is 37.8 Å². The van der Waals surface area contributed by atoms with Crippen LogP contribution in [0.2, 0.25) is 5.02 Å². The fourth-order valence-electron chi connectivity index (χ4n) is 2.27. The van der Waals surface area contributed by atoms with Gasteiger partial charge in [0.1, 0.15) is 5.75 Å². The predicted octanol–water partition coefficient (Wildman–Crippen LogP) is 4.28. The van der Waals surface area contributed by atoms with Gasteiger partial charge in [-0.15, -0.1) is 0 Å². The molecule has 0 aliphatic carbocycles. The molecule has 0 bridgehead atoms. The first-order valence-corrected chi connectivity index (χ1v) is 7.90. The molecule has 0 unspecified atom stereocenters. The molecule has 4 nitrogen and oxygen atoms in total. The van der Waals surface area contributed by atoms with Crippen LogP contribution in [0.3, 0.4) is 0 Å². The first-order valence-electron chi connectivity index (χ1n) is 7.52. The second kappa shape index (κ2) is 8.85. The third-order valence-electron chi connectivity index (χ3n) is 3.80. The van der Waals surface area contributed by atoms with Crippen molar-refractivity contribution in [1.29, 1.82) is 0 Å². The lowest BCUT2D eigenvalue weighted by Gasteiger charge is -2.15. The van der Waals surface area contributed by atoms with E-state index in [2.05, 4.69) is 0 Å². The Kier molecular flexibility index (Phi) is 7.46. The molecule has 0 aliphatic heterocycles. The second-order valence-electron chi connectivity index (χ2n) is 5.65.